The fourth-order valence-electron chi connectivity index (χ4n) is 3.58. The molecule has 33 heavy (non-hydrogen) atoms. The molecule has 1 aromatic carbocycles. The van der Waals surface area contributed by atoms with Crippen LogP contribution in [0.2, 0.25) is 39.3 Å². The number of amides is 2. The van der Waals surface area contributed by atoms with E-state index in [0.29, 0.717) is 17.0 Å². The molecule has 2 aliphatic heterocycles. The number of rotatable bonds is 7. The van der Waals surface area contributed by atoms with Crippen molar-refractivity contribution in [1.29, 1.82) is 0 Å². The number of hydrogen-bond acceptors (Lipinski definition) is 7. The van der Waals surface area contributed by atoms with Gasteiger partial charge in [0.05, 0.1) is 0 Å². The monoisotopic (exact) mass is 507 g/mol. The highest BCUT2D eigenvalue weighted by Crippen LogP contribution is 2.41. The van der Waals surface area contributed by atoms with Gasteiger partial charge in [0.15, 0.2) is 0 Å². The maximum absolute atomic E-state index is 12.9. The van der Waals surface area contributed by atoms with Crippen LogP contribution in [0.25, 0.3) is 0 Å². The Morgan fingerprint density at radius 1 is 1.12 bits per heavy atom. The molecule has 3 unspecified atom stereocenters. The van der Waals surface area contributed by atoms with Gasteiger partial charge in [0.1, 0.15) is 28.9 Å². The van der Waals surface area contributed by atoms with Crippen LogP contribution in [-0.2, 0) is 18.8 Å². The number of carbonyl (C=O) groups excluding carboxylic acids is 3. The summed E-state index contributed by atoms with van der Waals surface area (Å²) in [5.41, 5.74) is 7.90. The number of thioether (sulfide) groups is 1. The van der Waals surface area contributed by atoms with Gasteiger partial charge in [-0.2, -0.15) is 0 Å². The summed E-state index contributed by atoms with van der Waals surface area (Å²) in [5.74, 6) is 0.0985. The molecule has 8 nitrogen and oxygen atoms in total. The van der Waals surface area contributed by atoms with Gasteiger partial charge in [-0.3, -0.25) is 14.5 Å². The van der Waals surface area contributed by atoms with E-state index < -0.39 is 40.6 Å². The molecule has 0 radical (unpaired) electrons. The predicted molar refractivity (Wildman–Crippen MR) is 135 cm³/mol. The number of hydrogen-bond donors (Lipinski definition) is 2. The normalized spacial score (nSPS) is 21.7. The Bertz CT molecular complexity index is 985. The summed E-state index contributed by atoms with van der Waals surface area (Å²) in [7, 11) is -3.85. The zero-order chi connectivity index (χ0) is 24.7. The smallest absolute Gasteiger partial charge is 0.341 e. The van der Waals surface area contributed by atoms with Crippen molar-refractivity contribution in [1.82, 2.24) is 10.2 Å². The SMILES string of the molecule is CC1=C(C(=O)O[Si](C)(C)C)N2C(=O)C(NC(=O)C(N)c3ccc(O[Si](C)(C)C)cc3)C2SC1. The molecule has 3 rings (SSSR count). The van der Waals surface area contributed by atoms with Gasteiger partial charge in [-0.1, -0.05) is 12.1 Å². The average Bonchev–Trinajstić information content (AvgIpc) is 2.69. The Morgan fingerprint density at radius 2 is 1.73 bits per heavy atom. The fraction of sp³-hybridized carbons (Fsp3) is 0.500. The predicted octanol–water partition coefficient (Wildman–Crippen LogP) is 2.95. The summed E-state index contributed by atoms with van der Waals surface area (Å²) in [6.45, 7) is 13.9. The molecule has 1 fully saturated rings. The highest BCUT2D eigenvalue weighted by molar-refractivity contribution is 8.00. The molecule has 2 heterocycles. The van der Waals surface area contributed by atoms with Gasteiger partial charge >= 0.3 is 5.97 Å². The van der Waals surface area contributed by atoms with E-state index in [9.17, 15) is 14.4 Å². The summed E-state index contributed by atoms with van der Waals surface area (Å²) in [6, 6.07) is 5.48. The summed E-state index contributed by atoms with van der Waals surface area (Å²) < 4.78 is 11.6. The minimum Gasteiger partial charge on any atom is -0.544 e. The van der Waals surface area contributed by atoms with E-state index in [0.717, 1.165) is 11.3 Å². The highest BCUT2D eigenvalue weighted by Gasteiger charge is 2.54. The van der Waals surface area contributed by atoms with Crippen molar-refractivity contribution in [2.45, 2.75) is 63.7 Å². The van der Waals surface area contributed by atoms with E-state index in [2.05, 4.69) is 25.0 Å². The second-order valence-electron chi connectivity index (χ2n) is 10.3. The average molecular weight is 508 g/mol. The van der Waals surface area contributed by atoms with Crippen molar-refractivity contribution in [3.8, 4) is 5.75 Å². The lowest BCUT2D eigenvalue weighted by molar-refractivity contribution is -0.150. The minimum atomic E-state index is -2.12. The van der Waals surface area contributed by atoms with Crippen molar-refractivity contribution in [2.75, 3.05) is 5.75 Å². The molecule has 0 saturated carbocycles. The molecular formula is C22H33N3O5SSi2. The van der Waals surface area contributed by atoms with Crippen LogP contribution in [0.1, 0.15) is 18.5 Å². The Hall–Kier alpha value is -2.09. The van der Waals surface area contributed by atoms with E-state index in [1.807, 2.05) is 26.6 Å². The standard InChI is InChI=1S/C22H33N3O5SSi2/c1-13-12-31-21-17(20(27)25(21)18(13)22(28)30-33(5,6)7)24-19(26)16(23)14-8-10-15(11-9-14)29-32(2,3)4/h8-11,16-17,21H,12,23H2,1-7H3,(H,24,26). The Kier molecular flexibility index (Phi) is 7.18. The third-order valence-corrected chi connectivity index (χ3v) is 8.06. The van der Waals surface area contributed by atoms with E-state index in [1.54, 1.807) is 24.3 Å². The minimum absolute atomic E-state index is 0.305. The molecule has 1 saturated heterocycles. The quantitative estimate of drug-likeness (QED) is 0.431. The summed E-state index contributed by atoms with van der Waals surface area (Å²) in [5, 5.41) is 2.42. The lowest BCUT2D eigenvalue weighted by atomic mass is 10.0. The molecule has 0 spiro atoms. The molecule has 0 aliphatic carbocycles. The number of carbonyl (C=O) groups is 3. The molecule has 180 valence electrons. The summed E-state index contributed by atoms with van der Waals surface area (Å²) in [4.78, 5) is 39.9. The van der Waals surface area contributed by atoms with Crippen LogP contribution >= 0.6 is 11.8 Å². The molecule has 2 amide bonds. The largest absolute Gasteiger partial charge is 0.544 e. The first-order valence-corrected chi connectivity index (χ1v) is 18.8. The van der Waals surface area contributed by atoms with Gasteiger partial charge in [-0.05, 0) is 69.5 Å². The van der Waals surface area contributed by atoms with Crippen LogP contribution in [0, 0.1) is 0 Å². The van der Waals surface area contributed by atoms with Crippen molar-refractivity contribution in [2.24, 2.45) is 5.73 Å². The highest BCUT2D eigenvalue weighted by atomic mass is 32.2. The first-order valence-electron chi connectivity index (χ1n) is 10.9. The van der Waals surface area contributed by atoms with Gasteiger partial charge in [-0.15, -0.1) is 11.8 Å². The zero-order valence-electron chi connectivity index (χ0n) is 20.2. The zero-order valence-corrected chi connectivity index (χ0v) is 23.0. The second-order valence-corrected chi connectivity index (χ2v) is 20.3. The lowest BCUT2D eigenvalue weighted by Crippen LogP contribution is -2.71. The van der Waals surface area contributed by atoms with E-state index in [-0.39, 0.29) is 11.3 Å². The molecular weight excluding hydrogens is 474 g/mol. The fourth-order valence-corrected chi connectivity index (χ4v) is 6.37. The van der Waals surface area contributed by atoms with Crippen molar-refractivity contribution < 1.29 is 23.2 Å². The van der Waals surface area contributed by atoms with Gasteiger partial charge in [-0.25, -0.2) is 4.79 Å². The number of β-lactam (4-membered cyclic amide) rings is 1. The van der Waals surface area contributed by atoms with E-state index in [4.69, 9.17) is 14.6 Å². The van der Waals surface area contributed by atoms with E-state index in [1.165, 1.54) is 16.7 Å². The van der Waals surface area contributed by atoms with Crippen LogP contribution in [0.4, 0.5) is 0 Å². The van der Waals surface area contributed by atoms with Gasteiger partial charge in [0, 0.05) is 5.75 Å². The molecule has 11 heteroatoms. The van der Waals surface area contributed by atoms with Crippen LogP contribution < -0.4 is 15.5 Å². The Labute approximate surface area is 201 Å². The maximum Gasteiger partial charge on any atom is 0.341 e. The van der Waals surface area contributed by atoms with Crippen molar-refractivity contribution in [3.05, 3.63) is 41.1 Å². The number of benzene rings is 1. The van der Waals surface area contributed by atoms with Crippen molar-refractivity contribution >= 4 is 46.2 Å². The first kappa shape index (κ1) is 25.5. The van der Waals surface area contributed by atoms with Gasteiger partial charge in [0.25, 0.3) is 5.91 Å². The Morgan fingerprint density at radius 3 is 2.27 bits per heavy atom. The van der Waals surface area contributed by atoms with Crippen LogP contribution in [0.15, 0.2) is 35.5 Å². The molecule has 3 N–H and O–H groups in total. The molecule has 1 aromatic rings. The Balaban J connectivity index is 1.66. The van der Waals surface area contributed by atoms with Gasteiger partial charge < -0.3 is 19.9 Å². The summed E-state index contributed by atoms with van der Waals surface area (Å²) >= 11 is 1.51. The third kappa shape index (κ3) is 5.89. The second kappa shape index (κ2) is 9.28. The first-order chi connectivity index (χ1) is 15.2. The van der Waals surface area contributed by atoms with Crippen LogP contribution in [0.5, 0.6) is 5.75 Å². The molecule has 0 bridgehead atoms. The number of nitrogens with two attached hydrogens (primary N) is 1. The van der Waals surface area contributed by atoms with Crippen LogP contribution in [0.3, 0.4) is 0 Å². The topological polar surface area (TPSA) is 111 Å². The van der Waals surface area contributed by atoms with Crippen LogP contribution in [-0.4, -0.2) is 56.5 Å². The van der Waals surface area contributed by atoms with Gasteiger partial charge in [0.2, 0.25) is 22.5 Å². The number of nitrogens with one attached hydrogen (secondary N) is 1. The van der Waals surface area contributed by atoms with E-state index >= 15 is 0 Å². The molecule has 0 aromatic heterocycles. The third-order valence-electron chi connectivity index (χ3n) is 4.99. The molecule has 2 aliphatic rings. The molecule has 3 atom stereocenters. The summed E-state index contributed by atoms with van der Waals surface area (Å²) in [6.07, 6.45) is 0. The lowest BCUT2D eigenvalue weighted by Gasteiger charge is -2.50. The number of fused-ring (bicyclic) bond motifs is 1. The number of nitrogens with zero attached hydrogens (tertiary/aromatic N) is 1. The van der Waals surface area contributed by atoms with Crippen molar-refractivity contribution in [3.63, 3.8) is 0 Å². The maximum atomic E-state index is 12.9.